The number of nitrogens with zero attached hydrogens (tertiary/aromatic N) is 2. The van der Waals surface area contributed by atoms with E-state index in [0.29, 0.717) is 18.2 Å². The van der Waals surface area contributed by atoms with Gasteiger partial charge in [-0.1, -0.05) is 36.7 Å². The van der Waals surface area contributed by atoms with Crippen LogP contribution in [-0.4, -0.2) is 9.55 Å². The number of aryl methyl sites for hydroxylation is 1. The third-order valence-electron chi connectivity index (χ3n) is 3.15. The van der Waals surface area contributed by atoms with Crippen molar-refractivity contribution >= 4 is 15.9 Å². The van der Waals surface area contributed by atoms with E-state index >= 15 is 0 Å². The lowest BCUT2D eigenvalue weighted by Crippen LogP contribution is -2.21. The molecular weight excluding hydrogens is 332 g/mol. The molecule has 2 rings (SSSR count). The monoisotopic (exact) mass is 350 g/mol. The minimum Gasteiger partial charge on any atom is -0.434 e. The van der Waals surface area contributed by atoms with Gasteiger partial charge in [-0.2, -0.15) is 0 Å². The second-order valence-corrected chi connectivity index (χ2v) is 6.09. The van der Waals surface area contributed by atoms with Crippen molar-refractivity contribution in [2.24, 2.45) is 0 Å². The Morgan fingerprint density at radius 2 is 2.14 bits per heavy atom. The molecule has 2 aromatic rings. The van der Waals surface area contributed by atoms with Crippen LogP contribution in [0.15, 0.2) is 39.9 Å². The van der Waals surface area contributed by atoms with Crippen LogP contribution in [0.2, 0.25) is 0 Å². The van der Waals surface area contributed by atoms with E-state index in [-0.39, 0.29) is 11.4 Å². The maximum absolute atomic E-state index is 12.3. The van der Waals surface area contributed by atoms with Gasteiger partial charge in [-0.3, -0.25) is 4.79 Å². The van der Waals surface area contributed by atoms with Crippen LogP contribution in [0.3, 0.4) is 0 Å². The van der Waals surface area contributed by atoms with Gasteiger partial charge in [-0.15, -0.1) is 0 Å². The highest BCUT2D eigenvalue weighted by Gasteiger charge is 2.13. The van der Waals surface area contributed by atoms with Crippen molar-refractivity contribution < 1.29 is 4.74 Å². The summed E-state index contributed by atoms with van der Waals surface area (Å²) < 4.78 is 8.39. The standard InChI is InChI=1S/C16H19BrN2O2/c1-4-8-19-9-7-18-15(16(19)20)21-14-6-5-12(17)10-13(14)11(2)3/h5-7,9-11H,4,8H2,1-3H3. The number of halogens is 1. The molecule has 0 spiro atoms. The summed E-state index contributed by atoms with van der Waals surface area (Å²) in [7, 11) is 0. The van der Waals surface area contributed by atoms with Gasteiger partial charge in [0, 0.05) is 23.4 Å². The van der Waals surface area contributed by atoms with E-state index in [1.807, 2.05) is 25.1 Å². The van der Waals surface area contributed by atoms with Gasteiger partial charge in [-0.25, -0.2) is 4.98 Å². The Hall–Kier alpha value is -1.62. The Labute approximate surface area is 132 Å². The predicted octanol–water partition coefficient (Wildman–Crippen LogP) is 4.33. The van der Waals surface area contributed by atoms with Crippen LogP contribution in [0.4, 0.5) is 0 Å². The van der Waals surface area contributed by atoms with E-state index < -0.39 is 0 Å². The highest BCUT2D eigenvalue weighted by atomic mass is 79.9. The molecule has 0 aliphatic rings. The predicted molar refractivity (Wildman–Crippen MR) is 87.1 cm³/mol. The Balaban J connectivity index is 2.39. The van der Waals surface area contributed by atoms with E-state index in [1.165, 1.54) is 0 Å². The molecule has 0 N–H and O–H groups in total. The average molecular weight is 351 g/mol. The Kier molecular flexibility index (Phi) is 5.17. The lowest BCUT2D eigenvalue weighted by molar-refractivity contribution is 0.436. The first-order valence-corrected chi connectivity index (χ1v) is 7.85. The summed E-state index contributed by atoms with van der Waals surface area (Å²) in [4.78, 5) is 16.3. The van der Waals surface area contributed by atoms with Crippen molar-refractivity contribution in [3.63, 3.8) is 0 Å². The molecule has 1 aromatic carbocycles. The molecule has 1 heterocycles. The van der Waals surface area contributed by atoms with Gasteiger partial charge < -0.3 is 9.30 Å². The summed E-state index contributed by atoms with van der Waals surface area (Å²) >= 11 is 3.46. The van der Waals surface area contributed by atoms with Crippen LogP contribution < -0.4 is 10.3 Å². The van der Waals surface area contributed by atoms with E-state index in [1.54, 1.807) is 17.0 Å². The molecule has 21 heavy (non-hydrogen) atoms. The normalized spacial score (nSPS) is 10.9. The van der Waals surface area contributed by atoms with E-state index in [0.717, 1.165) is 16.5 Å². The van der Waals surface area contributed by atoms with Crippen LogP contribution in [-0.2, 0) is 6.54 Å². The molecule has 0 fully saturated rings. The average Bonchev–Trinajstić information content (AvgIpc) is 2.45. The van der Waals surface area contributed by atoms with Gasteiger partial charge in [0.1, 0.15) is 5.75 Å². The largest absolute Gasteiger partial charge is 0.434 e. The van der Waals surface area contributed by atoms with Crippen LogP contribution in [0.25, 0.3) is 0 Å². The molecule has 0 amide bonds. The van der Waals surface area contributed by atoms with Gasteiger partial charge in [0.25, 0.3) is 5.88 Å². The first-order valence-electron chi connectivity index (χ1n) is 7.05. The zero-order chi connectivity index (χ0) is 15.4. The smallest absolute Gasteiger partial charge is 0.313 e. The summed E-state index contributed by atoms with van der Waals surface area (Å²) in [5, 5.41) is 0. The molecule has 0 aliphatic carbocycles. The van der Waals surface area contributed by atoms with E-state index in [4.69, 9.17) is 4.74 Å². The lowest BCUT2D eigenvalue weighted by atomic mass is 10.0. The fraction of sp³-hybridized carbons (Fsp3) is 0.375. The minimum atomic E-state index is -0.197. The summed E-state index contributed by atoms with van der Waals surface area (Å²) in [6.07, 6.45) is 4.17. The summed E-state index contributed by atoms with van der Waals surface area (Å²) in [5.41, 5.74) is 0.841. The summed E-state index contributed by atoms with van der Waals surface area (Å²) in [6.45, 7) is 6.86. The van der Waals surface area contributed by atoms with Gasteiger partial charge in [0.05, 0.1) is 0 Å². The van der Waals surface area contributed by atoms with Crippen molar-refractivity contribution in [1.82, 2.24) is 9.55 Å². The maximum atomic E-state index is 12.3. The van der Waals surface area contributed by atoms with Crippen LogP contribution in [0, 0.1) is 0 Å². The summed E-state index contributed by atoms with van der Waals surface area (Å²) in [6, 6.07) is 5.76. The molecule has 0 atom stereocenters. The van der Waals surface area contributed by atoms with Gasteiger partial charge in [-0.05, 0) is 36.1 Å². The molecule has 1 aromatic heterocycles. The molecular formula is C16H19BrN2O2. The van der Waals surface area contributed by atoms with Gasteiger partial charge >= 0.3 is 5.56 Å². The molecule has 5 heteroatoms. The number of aromatic nitrogens is 2. The van der Waals surface area contributed by atoms with Crippen LogP contribution in [0.5, 0.6) is 11.6 Å². The molecule has 0 bridgehead atoms. The van der Waals surface area contributed by atoms with Crippen LogP contribution >= 0.6 is 15.9 Å². The van der Waals surface area contributed by atoms with E-state index in [2.05, 4.69) is 34.8 Å². The second kappa shape index (κ2) is 6.89. The first kappa shape index (κ1) is 15.8. The minimum absolute atomic E-state index is 0.121. The van der Waals surface area contributed by atoms with Gasteiger partial charge in [0.15, 0.2) is 0 Å². The lowest BCUT2D eigenvalue weighted by Gasteiger charge is -2.14. The number of hydrogen-bond acceptors (Lipinski definition) is 3. The third kappa shape index (κ3) is 3.73. The summed E-state index contributed by atoms with van der Waals surface area (Å²) in [5.74, 6) is 1.08. The highest BCUT2D eigenvalue weighted by molar-refractivity contribution is 9.10. The number of benzene rings is 1. The molecule has 0 unspecified atom stereocenters. The molecule has 0 aliphatic heterocycles. The van der Waals surface area contributed by atoms with Crippen molar-refractivity contribution in [2.45, 2.75) is 39.7 Å². The maximum Gasteiger partial charge on any atom is 0.313 e. The van der Waals surface area contributed by atoms with Crippen molar-refractivity contribution in [2.75, 3.05) is 0 Å². The Morgan fingerprint density at radius 1 is 1.38 bits per heavy atom. The Bertz CT molecular complexity index is 680. The number of rotatable bonds is 5. The zero-order valence-corrected chi connectivity index (χ0v) is 14.1. The fourth-order valence-corrected chi connectivity index (χ4v) is 2.46. The highest BCUT2D eigenvalue weighted by Crippen LogP contribution is 2.31. The topological polar surface area (TPSA) is 44.1 Å². The molecule has 0 radical (unpaired) electrons. The molecule has 0 saturated heterocycles. The quantitative estimate of drug-likeness (QED) is 0.805. The molecule has 112 valence electrons. The van der Waals surface area contributed by atoms with Crippen molar-refractivity contribution in [3.8, 4) is 11.6 Å². The molecule has 4 nitrogen and oxygen atoms in total. The van der Waals surface area contributed by atoms with Crippen molar-refractivity contribution in [3.05, 3.63) is 51.0 Å². The second-order valence-electron chi connectivity index (χ2n) is 5.17. The molecule has 0 saturated carbocycles. The zero-order valence-electron chi connectivity index (χ0n) is 12.5. The van der Waals surface area contributed by atoms with Crippen LogP contribution in [0.1, 0.15) is 38.7 Å². The SMILES string of the molecule is CCCn1ccnc(Oc2ccc(Br)cc2C(C)C)c1=O. The number of ether oxygens (including phenoxy) is 1. The van der Waals surface area contributed by atoms with Gasteiger partial charge in [0.2, 0.25) is 0 Å². The Morgan fingerprint density at radius 3 is 2.81 bits per heavy atom. The number of hydrogen-bond donors (Lipinski definition) is 0. The van der Waals surface area contributed by atoms with E-state index in [9.17, 15) is 4.79 Å². The first-order chi connectivity index (χ1) is 10.0. The van der Waals surface area contributed by atoms with Crippen molar-refractivity contribution in [1.29, 1.82) is 0 Å². The fourth-order valence-electron chi connectivity index (χ4n) is 2.08. The third-order valence-corrected chi connectivity index (χ3v) is 3.64.